The monoisotopic (exact) mass is 587 g/mol. The van der Waals surface area contributed by atoms with Crippen molar-refractivity contribution in [2.45, 2.75) is 29.7 Å². The van der Waals surface area contributed by atoms with Gasteiger partial charge in [-0.3, -0.25) is 4.57 Å². The third-order valence-electron chi connectivity index (χ3n) is 6.34. The van der Waals surface area contributed by atoms with Gasteiger partial charge >= 0.3 is 23.6 Å². The lowest BCUT2D eigenvalue weighted by Crippen LogP contribution is -2.42. The molecule has 1 saturated heterocycles. The molecule has 1 aliphatic rings. The van der Waals surface area contributed by atoms with Gasteiger partial charge in [0.05, 0.1) is 16.7 Å². The molecule has 11 nitrogen and oxygen atoms in total. The maximum atomic E-state index is 13.2. The van der Waals surface area contributed by atoms with Crippen molar-refractivity contribution in [1.29, 1.82) is 0 Å². The fraction of sp³-hybridized carbons (Fsp3) is 0.200. The Morgan fingerprint density at radius 1 is 0.786 bits per heavy atom. The van der Waals surface area contributed by atoms with Crippen molar-refractivity contribution in [2.24, 2.45) is 0 Å². The van der Waals surface area contributed by atoms with Crippen LogP contribution in [0.25, 0.3) is 0 Å². The molecule has 0 amide bonds. The Balaban J connectivity index is 1.50. The summed E-state index contributed by atoms with van der Waals surface area (Å²) < 4.78 is 24.4. The predicted molar refractivity (Wildman–Crippen MR) is 150 cm³/mol. The van der Waals surface area contributed by atoms with Gasteiger partial charge < -0.3 is 18.9 Å². The second kappa shape index (κ2) is 13.2. The summed E-state index contributed by atoms with van der Waals surface area (Å²) in [5.41, 5.74) is 0.0352. The van der Waals surface area contributed by atoms with Crippen molar-refractivity contribution in [2.75, 3.05) is 12.9 Å². The maximum Gasteiger partial charge on any atom is 0.353 e. The molecule has 0 N–H and O–H groups in total. The highest BCUT2D eigenvalue weighted by Crippen LogP contribution is 2.34. The Kier molecular flexibility index (Phi) is 9.05. The second-order valence-electron chi connectivity index (χ2n) is 9.03. The number of nitrogens with zero attached hydrogens (tertiary/aromatic N) is 3. The van der Waals surface area contributed by atoms with Gasteiger partial charge in [-0.25, -0.2) is 24.2 Å². The van der Waals surface area contributed by atoms with E-state index in [0.717, 1.165) is 4.57 Å². The van der Waals surface area contributed by atoms with Crippen LogP contribution < -0.4 is 5.69 Å². The zero-order valence-corrected chi connectivity index (χ0v) is 23.1. The minimum absolute atomic E-state index is 0.227. The highest BCUT2D eigenvalue weighted by atomic mass is 32.2. The van der Waals surface area contributed by atoms with E-state index in [1.54, 1.807) is 97.3 Å². The van der Waals surface area contributed by atoms with E-state index in [9.17, 15) is 19.2 Å². The van der Waals surface area contributed by atoms with Crippen LogP contribution in [-0.2, 0) is 18.9 Å². The number of hydrogen-bond donors (Lipinski definition) is 0. The van der Waals surface area contributed by atoms with Crippen LogP contribution >= 0.6 is 11.8 Å². The number of ether oxygens (including phenoxy) is 4. The average molecular weight is 588 g/mol. The molecule has 12 heteroatoms. The fourth-order valence-electron chi connectivity index (χ4n) is 4.28. The number of thioether (sulfide) groups is 1. The Morgan fingerprint density at radius 3 is 1.79 bits per heavy atom. The molecule has 0 bridgehead atoms. The molecule has 2 heterocycles. The van der Waals surface area contributed by atoms with Crippen molar-refractivity contribution in [1.82, 2.24) is 14.5 Å². The van der Waals surface area contributed by atoms with E-state index in [2.05, 4.69) is 9.97 Å². The topological polar surface area (TPSA) is 136 Å². The molecule has 42 heavy (non-hydrogen) atoms. The molecular weight excluding hydrogens is 562 g/mol. The van der Waals surface area contributed by atoms with E-state index in [0.29, 0.717) is 5.56 Å². The summed E-state index contributed by atoms with van der Waals surface area (Å²) in [4.78, 5) is 60.2. The molecular formula is C30H25N3O8S. The molecule has 4 unspecified atom stereocenters. The third-order valence-corrected chi connectivity index (χ3v) is 6.90. The number of carbonyl (C=O) groups excluding carboxylic acids is 3. The molecule has 3 aromatic carbocycles. The van der Waals surface area contributed by atoms with E-state index in [-0.39, 0.29) is 22.9 Å². The molecule has 0 aliphatic carbocycles. The summed E-state index contributed by atoms with van der Waals surface area (Å²) in [7, 11) is 0. The lowest BCUT2D eigenvalue weighted by Gasteiger charge is -2.24. The number of carbonyl (C=O) groups is 3. The standard InChI is InChI=1S/C30H25N3O8S/c1-42-29-31-18-33(30(37)32-29)25-24(41-28(36)21-15-9-4-10-16-21)23(40-27(35)20-13-7-3-8-14-20)22(39-25)17-38-26(34)19-11-5-2-6-12-19/h2-16,18,22-25H,17H2,1H3. The second-order valence-corrected chi connectivity index (χ2v) is 9.81. The SMILES string of the molecule is CSc1ncn(C2OC(COC(=O)c3ccccc3)C(OC(=O)c3ccccc3)C2OC(=O)c2ccccc2)c(=O)n1. The zero-order chi connectivity index (χ0) is 29.5. The molecule has 1 aliphatic heterocycles. The Hall–Kier alpha value is -4.81. The molecule has 0 saturated carbocycles. The number of aromatic nitrogens is 3. The number of rotatable bonds is 9. The van der Waals surface area contributed by atoms with E-state index < -0.39 is 48.1 Å². The van der Waals surface area contributed by atoms with Crippen LogP contribution in [0, 0.1) is 0 Å². The third kappa shape index (κ3) is 6.56. The molecule has 4 atom stereocenters. The Labute approximate surface area is 244 Å². The van der Waals surface area contributed by atoms with Gasteiger partial charge in [0.15, 0.2) is 23.6 Å². The minimum atomic E-state index is -1.34. The molecule has 0 radical (unpaired) electrons. The van der Waals surface area contributed by atoms with Crippen LogP contribution in [0.15, 0.2) is 107 Å². The fourth-order valence-corrected chi connectivity index (χ4v) is 4.61. The smallest absolute Gasteiger partial charge is 0.353 e. The quantitative estimate of drug-likeness (QED) is 0.162. The average Bonchev–Trinajstić information content (AvgIpc) is 3.36. The highest BCUT2D eigenvalue weighted by molar-refractivity contribution is 7.98. The normalized spacial score (nSPS) is 19.5. The van der Waals surface area contributed by atoms with Gasteiger partial charge in [-0.15, -0.1) is 0 Å². The van der Waals surface area contributed by atoms with Crippen LogP contribution in [0.3, 0.4) is 0 Å². The minimum Gasteiger partial charge on any atom is -0.459 e. The summed E-state index contributed by atoms with van der Waals surface area (Å²) in [5, 5.41) is 0.229. The van der Waals surface area contributed by atoms with Crippen molar-refractivity contribution < 1.29 is 33.3 Å². The van der Waals surface area contributed by atoms with Gasteiger partial charge in [0.2, 0.25) is 0 Å². The summed E-state index contributed by atoms with van der Waals surface area (Å²) >= 11 is 1.17. The Bertz CT molecular complexity index is 1600. The molecule has 4 aromatic rings. The van der Waals surface area contributed by atoms with Crippen LogP contribution in [0.1, 0.15) is 37.3 Å². The van der Waals surface area contributed by atoms with Gasteiger partial charge in [0.1, 0.15) is 19.0 Å². The molecule has 5 rings (SSSR count). The van der Waals surface area contributed by atoms with Gasteiger partial charge in [0.25, 0.3) is 0 Å². The van der Waals surface area contributed by atoms with Gasteiger partial charge in [-0.05, 0) is 42.7 Å². The molecule has 214 valence electrons. The molecule has 1 aromatic heterocycles. The van der Waals surface area contributed by atoms with E-state index in [4.69, 9.17) is 18.9 Å². The maximum absolute atomic E-state index is 13.2. The van der Waals surface area contributed by atoms with Gasteiger partial charge in [0, 0.05) is 0 Å². The lowest BCUT2D eigenvalue weighted by molar-refractivity contribution is -0.0646. The largest absolute Gasteiger partial charge is 0.459 e. The van der Waals surface area contributed by atoms with Crippen molar-refractivity contribution in [3.63, 3.8) is 0 Å². The van der Waals surface area contributed by atoms with Crippen LogP contribution in [0.5, 0.6) is 0 Å². The zero-order valence-electron chi connectivity index (χ0n) is 22.3. The van der Waals surface area contributed by atoms with Gasteiger partial charge in [-0.2, -0.15) is 4.98 Å². The van der Waals surface area contributed by atoms with Crippen molar-refractivity contribution >= 4 is 29.7 Å². The number of hydrogen-bond acceptors (Lipinski definition) is 11. The van der Waals surface area contributed by atoms with E-state index in [1.165, 1.54) is 18.1 Å². The van der Waals surface area contributed by atoms with Crippen molar-refractivity contribution in [3.8, 4) is 0 Å². The van der Waals surface area contributed by atoms with E-state index >= 15 is 0 Å². The first kappa shape index (κ1) is 28.7. The number of esters is 3. The lowest BCUT2D eigenvalue weighted by atomic mass is 10.1. The van der Waals surface area contributed by atoms with Gasteiger partial charge in [-0.1, -0.05) is 66.4 Å². The summed E-state index contributed by atoms with van der Waals surface area (Å²) in [5.74, 6) is -2.11. The molecule has 0 spiro atoms. The first-order valence-electron chi connectivity index (χ1n) is 12.8. The highest BCUT2D eigenvalue weighted by Gasteiger charge is 2.51. The first-order valence-corrected chi connectivity index (χ1v) is 14.1. The summed E-state index contributed by atoms with van der Waals surface area (Å²) in [6, 6.07) is 24.7. The van der Waals surface area contributed by atoms with Crippen LogP contribution in [0.2, 0.25) is 0 Å². The summed E-state index contributed by atoms with van der Waals surface area (Å²) in [6.45, 7) is -0.380. The molecule has 1 fully saturated rings. The first-order chi connectivity index (χ1) is 20.4. The Morgan fingerprint density at radius 2 is 1.29 bits per heavy atom. The van der Waals surface area contributed by atoms with E-state index in [1.807, 2.05) is 0 Å². The predicted octanol–water partition coefficient (Wildman–Crippen LogP) is 3.57. The van der Waals surface area contributed by atoms with Crippen LogP contribution in [0.4, 0.5) is 0 Å². The van der Waals surface area contributed by atoms with Crippen LogP contribution in [-0.4, -0.2) is 63.6 Å². The summed E-state index contributed by atoms with van der Waals surface area (Å²) in [6.07, 6.45) is -2.14. The number of benzene rings is 3. The van der Waals surface area contributed by atoms with Crippen molar-refractivity contribution in [3.05, 3.63) is 124 Å².